The highest BCUT2D eigenvalue weighted by Crippen LogP contribution is 2.22. The Morgan fingerprint density at radius 1 is 0.969 bits per heavy atom. The van der Waals surface area contributed by atoms with E-state index in [0.29, 0.717) is 11.4 Å². The molecule has 0 aliphatic carbocycles. The molecule has 2 rings (SSSR count). The van der Waals surface area contributed by atoms with E-state index < -0.39 is 29.9 Å². The quantitative estimate of drug-likeness (QED) is 0.494. The first kappa shape index (κ1) is 25.7. The maximum absolute atomic E-state index is 13.1. The maximum Gasteiger partial charge on any atom is 0.328 e. The smallest absolute Gasteiger partial charge is 0.328 e. The van der Waals surface area contributed by atoms with Crippen LogP contribution in [-0.4, -0.2) is 36.5 Å². The standard InChI is InChI=1S/C24H28Cl2N2O4/c1-4-12-32-24(31)20(13-16-8-6-5-7-9-16)27-23(30)21(15(2)3)28-22(29)17-10-11-18(25)19(26)14-17/h5-11,14-15,20-21H,4,12-13H2,1-3H3,(H,27,30)(H,28,29). The van der Waals surface area contributed by atoms with Gasteiger partial charge in [0.25, 0.3) is 5.91 Å². The first-order valence-corrected chi connectivity index (χ1v) is 11.2. The van der Waals surface area contributed by atoms with Crippen LogP contribution in [0, 0.1) is 5.92 Å². The minimum absolute atomic E-state index is 0.231. The summed E-state index contributed by atoms with van der Waals surface area (Å²) in [6.45, 7) is 5.77. The van der Waals surface area contributed by atoms with Gasteiger partial charge in [-0.25, -0.2) is 4.79 Å². The van der Waals surface area contributed by atoms with E-state index in [4.69, 9.17) is 27.9 Å². The molecule has 0 spiro atoms. The van der Waals surface area contributed by atoms with Crippen LogP contribution >= 0.6 is 23.2 Å². The summed E-state index contributed by atoms with van der Waals surface area (Å²) in [6, 6.07) is 12.1. The van der Waals surface area contributed by atoms with E-state index in [9.17, 15) is 14.4 Å². The van der Waals surface area contributed by atoms with E-state index in [0.717, 1.165) is 5.56 Å². The summed E-state index contributed by atoms with van der Waals surface area (Å²) in [6.07, 6.45) is 0.951. The van der Waals surface area contributed by atoms with Gasteiger partial charge in [-0.15, -0.1) is 0 Å². The van der Waals surface area contributed by atoms with Crippen molar-refractivity contribution in [2.45, 2.75) is 45.7 Å². The number of carbonyl (C=O) groups excluding carboxylic acids is 3. The second-order valence-electron chi connectivity index (χ2n) is 7.74. The molecule has 0 heterocycles. The number of hydrogen-bond donors (Lipinski definition) is 2. The SMILES string of the molecule is CCCOC(=O)C(Cc1ccccc1)NC(=O)C(NC(=O)c1ccc(Cl)c(Cl)c1)C(C)C. The monoisotopic (exact) mass is 478 g/mol. The highest BCUT2D eigenvalue weighted by molar-refractivity contribution is 6.42. The van der Waals surface area contributed by atoms with Gasteiger partial charge in [0.15, 0.2) is 0 Å². The molecule has 0 fully saturated rings. The molecule has 2 atom stereocenters. The summed E-state index contributed by atoms with van der Waals surface area (Å²) in [5, 5.41) is 6.05. The van der Waals surface area contributed by atoms with Crippen LogP contribution in [0.4, 0.5) is 0 Å². The molecule has 32 heavy (non-hydrogen) atoms. The van der Waals surface area contributed by atoms with Crippen molar-refractivity contribution in [3.8, 4) is 0 Å². The topological polar surface area (TPSA) is 84.5 Å². The molecule has 2 aromatic carbocycles. The van der Waals surface area contributed by atoms with Crippen LogP contribution in [0.25, 0.3) is 0 Å². The summed E-state index contributed by atoms with van der Waals surface area (Å²) in [7, 11) is 0. The largest absolute Gasteiger partial charge is 0.464 e. The Morgan fingerprint density at radius 3 is 2.25 bits per heavy atom. The van der Waals surface area contributed by atoms with Crippen molar-refractivity contribution in [3.05, 3.63) is 69.7 Å². The number of amides is 2. The van der Waals surface area contributed by atoms with Crippen LogP contribution in [0.1, 0.15) is 43.1 Å². The second-order valence-corrected chi connectivity index (χ2v) is 8.56. The molecule has 2 unspecified atom stereocenters. The Bertz CT molecular complexity index is 935. The van der Waals surface area contributed by atoms with Gasteiger partial charge in [0.2, 0.25) is 5.91 Å². The van der Waals surface area contributed by atoms with E-state index in [-0.39, 0.29) is 29.5 Å². The molecular formula is C24H28Cl2N2O4. The fourth-order valence-electron chi connectivity index (χ4n) is 3.00. The molecule has 0 aliphatic rings. The summed E-state index contributed by atoms with van der Waals surface area (Å²) in [5.41, 5.74) is 1.16. The Labute approximate surface area is 198 Å². The van der Waals surface area contributed by atoms with Crippen LogP contribution in [-0.2, 0) is 20.7 Å². The lowest BCUT2D eigenvalue weighted by atomic mass is 10.0. The maximum atomic E-state index is 13.1. The summed E-state index contributed by atoms with van der Waals surface area (Å²) in [4.78, 5) is 38.4. The number of benzene rings is 2. The molecule has 2 N–H and O–H groups in total. The molecule has 0 aliphatic heterocycles. The van der Waals surface area contributed by atoms with Gasteiger partial charge >= 0.3 is 5.97 Å². The highest BCUT2D eigenvalue weighted by Gasteiger charge is 2.30. The third-order valence-electron chi connectivity index (χ3n) is 4.75. The van der Waals surface area contributed by atoms with Gasteiger partial charge in [-0.1, -0.05) is 74.3 Å². The zero-order chi connectivity index (χ0) is 23.7. The van der Waals surface area contributed by atoms with Gasteiger partial charge in [-0.3, -0.25) is 9.59 Å². The van der Waals surface area contributed by atoms with Crippen LogP contribution in [0.15, 0.2) is 48.5 Å². The molecule has 0 saturated carbocycles. The summed E-state index contributed by atoms with van der Waals surface area (Å²) in [5.74, 6) is -1.68. The summed E-state index contributed by atoms with van der Waals surface area (Å²) < 4.78 is 5.27. The predicted octanol–water partition coefficient (Wildman–Crippen LogP) is 4.43. The van der Waals surface area contributed by atoms with E-state index in [1.807, 2.05) is 37.3 Å². The number of hydrogen-bond acceptors (Lipinski definition) is 4. The van der Waals surface area contributed by atoms with E-state index >= 15 is 0 Å². The zero-order valence-corrected chi connectivity index (χ0v) is 19.9. The molecule has 6 nitrogen and oxygen atoms in total. The van der Waals surface area contributed by atoms with E-state index in [1.54, 1.807) is 13.8 Å². The Balaban J connectivity index is 2.16. The van der Waals surface area contributed by atoms with Crippen molar-refractivity contribution >= 4 is 41.0 Å². The number of nitrogens with one attached hydrogen (secondary N) is 2. The molecule has 172 valence electrons. The Morgan fingerprint density at radius 2 is 1.66 bits per heavy atom. The fraction of sp³-hybridized carbons (Fsp3) is 0.375. The van der Waals surface area contributed by atoms with Gasteiger partial charge in [0.1, 0.15) is 12.1 Å². The van der Waals surface area contributed by atoms with Crippen LogP contribution < -0.4 is 10.6 Å². The number of esters is 1. The molecule has 0 saturated heterocycles. The van der Waals surface area contributed by atoms with E-state index in [1.165, 1.54) is 18.2 Å². The number of rotatable bonds is 10. The highest BCUT2D eigenvalue weighted by atomic mass is 35.5. The van der Waals surface area contributed by atoms with E-state index in [2.05, 4.69) is 10.6 Å². The lowest BCUT2D eigenvalue weighted by Gasteiger charge is -2.25. The molecule has 0 radical (unpaired) electrons. The van der Waals surface area contributed by atoms with Crippen molar-refractivity contribution < 1.29 is 19.1 Å². The number of halogens is 2. The average Bonchev–Trinajstić information content (AvgIpc) is 2.77. The molecule has 2 amide bonds. The fourth-order valence-corrected chi connectivity index (χ4v) is 3.30. The number of carbonyl (C=O) groups is 3. The van der Waals surface area contributed by atoms with Crippen molar-refractivity contribution in [2.75, 3.05) is 6.61 Å². The average molecular weight is 479 g/mol. The predicted molar refractivity (Wildman–Crippen MR) is 126 cm³/mol. The van der Waals surface area contributed by atoms with Crippen molar-refractivity contribution in [1.82, 2.24) is 10.6 Å². The normalized spacial score (nSPS) is 12.7. The van der Waals surface area contributed by atoms with Gasteiger partial charge in [-0.2, -0.15) is 0 Å². The molecular weight excluding hydrogens is 451 g/mol. The minimum atomic E-state index is -0.875. The van der Waals surface area contributed by atoms with Crippen LogP contribution in [0.5, 0.6) is 0 Å². The lowest BCUT2D eigenvalue weighted by Crippen LogP contribution is -2.54. The Kier molecular flexibility index (Phi) is 10.0. The van der Waals surface area contributed by atoms with Gasteiger partial charge in [0, 0.05) is 12.0 Å². The molecule has 2 aromatic rings. The zero-order valence-electron chi connectivity index (χ0n) is 18.4. The lowest BCUT2D eigenvalue weighted by molar-refractivity contribution is -0.148. The molecule has 0 aromatic heterocycles. The first-order chi connectivity index (χ1) is 15.2. The summed E-state index contributed by atoms with van der Waals surface area (Å²) >= 11 is 11.9. The van der Waals surface area contributed by atoms with Crippen molar-refractivity contribution in [1.29, 1.82) is 0 Å². The van der Waals surface area contributed by atoms with Gasteiger partial charge < -0.3 is 15.4 Å². The number of ether oxygens (including phenoxy) is 1. The molecule has 8 heteroatoms. The van der Waals surface area contributed by atoms with Gasteiger partial charge in [0.05, 0.1) is 16.7 Å². The molecule has 0 bridgehead atoms. The van der Waals surface area contributed by atoms with Crippen molar-refractivity contribution in [3.63, 3.8) is 0 Å². The third kappa shape index (κ3) is 7.53. The van der Waals surface area contributed by atoms with Gasteiger partial charge in [-0.05, 0) is 36.1 Å². The van der Waals surface area contributed by atoms with Crippen molar-refractivity contribution in [2.24, 2.45) is 5.92 Å². The second kappa shape index (κ2) is 12.5. The minimum Gasteiger partial charge on any atom is -0.464 e. The third-order valence-corrected chi connectivity index (χ3v) is 5.49. The van der Waals surface area contributed by atoms with Crippen LogP contribution in [0.2, 0.25) is 10.0 Å². The Hall–Kier alpha value is -2.57. The van der Waals surface area contributed by atoms with Crippen LogP contribution in [0.3, 0.4) is 0 Å². The first-order valence-electron chi connectivity index (χ1n) is 10.5.